The Morgan fingerprint density at radius 3 is 2.50 bits per heavy atom. The molecule has 0 bridgehead atoms. The number of alkyl halides is 3. The highest BCUT2D eigenvalue weighted by molar-refractivity contribution is 5.20. The fourth-order valence-electron chi connectivity index (χ4n) is 3.45. The van der Waals surface area contributed by atoms with Crippen molar-refractivity contribution in [1.29, 1.82) is 0 Å². The van der Waals surface area contributed by atoms with Crippen LogP contribution in [0, 0.1) is 5.41 Å². The largest absolute Gasteiger partial charge is 0.477 e. The van der Waals surface area contributed by atoms with Gasteiger partial charge in [0.15, 0.2) is 0 Å². The van der Waals surface area contributed by atoms with Gasteiger partial charge in [-0.1, -0.05) is 0 Å². The van der Waals surface area contributed by atoms with Crippen LogP contribution in [0.25, 0.3) is 0 Å². The van der Waals surface area contributed by atoms with Crippen molar-refractivity contribution in [1.82, 2.24) is 20.1 Å². The van der Waals surface area contributed by atoms with Gasteiger partial charge in [0.25, 0.3) is 0 Å². The predicted octanol–water partition coefficient (Wildman–Crippen LogP) is 1.50. The minimum absolute atomic E-state index is 0.0653. The number of aliphatic hydroxyl groups is 2. The van der Waals surface area contributed by atoms with Gasteiger partial charge in [-0.05, 0) is 18.9 Å². The standard InChI is InChI=1S/C18H23F3N4O3/c1-25-9-12(7-24-25)6-22-10-17(4-14(26)15(27)5-17)11-28-16-3-2-13(8-23-16)18(19,20)21/h2-3,7-9,14-15,22,26-27H,4-6,10-11H2,1H3. The van der Waals surface area contributed by atoms with Crippen LogP contribution in [0.4, 0.5) is 13.2 Å². The molecule has 3 rings (SSSR count). The van der Waals surface area contributed by atoms with Crippen LogP contribution < -0.4 is 10.1 Å². The lowest BCUT2D eigenvalue weighted by atomic mass is 9.86. The molecular formula is C18H23F3N4O3. The summed E-state index contributed by atoms with van der Waals surface area (Å²) in [4.78, 5) is 3.71. The van der Waals surface area contributed by atoms with Crippen LogP contribution in [-0.2, 0) is 19.8 Å². The van der Waals surface area contributed by atoms with Crippen molar-refractivity contribution in [2.45, 2.75) is 37.8 Å². The molecule has 0 spiro atoms. The van der Waals surface area contributed by atoms with E-state index in [0.717, 1.165) is 17.8 Å². The van der Waals surface area contributed by atoms with Gasteiger partial charge in [-0.2, -0.15) is 18.3 Å². The molecule has 0 radical (unpaired) electrons. The summed E-state index contributed by atoms with van der Waals surface area (Å²) in [6.45, 7) is 1.12. The van der Waals surface area contributed by atoms with Crippen LogP contribution >= 0.6 is 0 Å². The Morgan fingerprint density at radius 1 is 1.25 bits per heavy atom. The van der Waals surface area contributed by atoms with Crippen LogP contribution in [0.3, 0.4) is 0 Å². The Bertz CT molecular complexity index is 769. The molecule has 2 unspecified atom stereocenters. The first-order chi connectivity index (χ1) is 13.2. The number of aromatic nitrogens is 3. The molecule has 1 aliphatic rings. The maximum Gasteiger partial charge on any atom is 0.417 e. The molecule has 1 saturated carbocycles. The summed E-state index contributed by atoms with van der Waals surface area (Å²) in [5.74, 6) is 0.0653. The van der Waals surface area contributed by atoms with E-state index in [1.165, 1.54) is 6.07 Å². The number of rotatable bonds is 7. The quantitative estimate of drug-likeness (QED) is 0.653. The van der Waals surface area contributed by atoms with E-state index >= 15 is 0 Å². The van der Waals surface area contributed by atoms with Gasteiger partial charge >= 0.3 is 6.18 Å². The van der Waals surface area contributed by atoms with Crippen molar-refractivity contribution < 1.29 is 28.1 Å². The normalized spacial score (nSPS) is 25.2. The van der Waals surface area contributed by atoms with Crippen molar-refractivity contribution in [3.05, 3.63) is 41.9 Å². The number of hydrogen-bond donors (Lipinski definition) is 3. The fraction of sp³-hybridized carbons (Fsp3) is 0.556. The Hall–Kier alpha value is -2.17. The van der Waals surface area contributed by atoms with E-state index in [4.69, 9.17) is 4.74 Å². The summed E-state index contributed by atoms with van der Waals surface area (Å²) in [6, 6.07) is 2.08. The number of pyridine rings is 1. The van der Waals surface area contributed by atoms with Crippen molar-refractivity contribution in [2.75, 3.05) is 13.2 Å². The third-order valence-corrected chi connectivity index (χ3v) is 4.91. The van der Waals surface area contributed by atoms with E-state index in [-0.39, 0.29) is 12.5 Å². The van der Waals surface area contributed by atoms with E-state index in [9.17, 15) is 23.4 Å². The molecule has 2 aromatic rings. The van der Waals surface area contributed by atoms with Gasteiger partial charge in [0.1, 0.15) is 0 Å². The van der Waals surface area contributed by atoms with E-state index in [1.54, 1.807) is 10.9 Å². The van der Waals surface area contributed by atoms with Crippen molar-refractivity contribution in [3.63, 3.8) is 0 Å². The summed E-state index contributed by atoms with van der Waals surface area (Å²) in [5, 5.41) is 27.3. The lowest BCUT2D eigenvalue weighted by Gasteiger charge is -2.29. The summed E-state index contributed by atoms with van der Waals surface area (Å²) in [5.41, 5.74) is -0.424. The van der Waals surface area contributed by atoms with Gasteiger partial charge < -0.3 is 20.3 Å². The highest BCUT2D eigenvalue weighted by Gasteiger charge is 2.44. The van der Waals surface area contributed by atoms with Gasteiger partial charge in [-0.3, -0.25) is 4.68 Å². The van der Waals surface area contributed by atoms with Crippen LogP contribution in [0.5, 0.6) is 5.88 Å². The molecule has 3 N–H and O–H groups in total. The lowest BCUT2D eigenvalue weighted by molar-refractivity contribution is -0.137. The first-order valence-electron chi connectivity index (χ1n) is 8.87. The zero-order valence-electron chi connectivity index (χ0n) is 15.4. The van der Waals surface area contributed by atoms with Crippen LogP contribution in [0.2, 0.25) is 0 Å². The molecule has 2 heterocycles. The minimum atomic E-state index is -4.46. The highest BCUT2D eigenvalue weighted by atomic mass is 19.4. The average Bonchev–Trinajstić information content (AvgIpc) is 3.16. The van der Waals surface area contributed by atoms with Crippen LogP contribution in [0.1, 0.15) is 24.0 Å². The number of aryl methyl sites for hydroxylation is 1. The van der Waals surface area contributed by atoms with E-state index in [1.807, 2.05) is 13.2 Å². The number of halogens is 3. The zero-order chi connectivity index (χ0) is 20.4. The molecule has 2 aromatic heterocycles. The third-order valence-electron chi connectivity index (χ3n) is 4.91. The van der Waals surface area contributed by atoms with E-state index in [2.05, 4.69) is 15.4 Å². The molecule has 0 amide bonds. The van der Waals surface area contributed by atoms with Gasteiger partial charge in [0.2, 0.25) is 5.88 Å². The minimum Gasteiger partial charge on any atom is -0.477 e. The topological polar surface area (TPSA) is 92.4 Å². The first kappa shape index (κ1) is 20.6. The number of aliphatic hydroxyl groups excluding tert-OH is 2. The molecule has 0 saturated heterocycles. The third kappa shape index (κ3) is 5.00. The molecule has 0 aromatic carbocycles. The SMILES string of the molecule is Cn1cc(CNCC2(COc3ccc(C(F)(F)F)cn3)CC(O)C(O)C2)cn1. The first-order valence-corrected chi connectivity index (χ1v) is 8.87. The average molecular weight is 400 g/mol. The number of ether oxygens (including phenoxy) is 1. The van der Waals surface area contributed by atoms with Gasteiger partial charge in [0, 0.05) is 49.6 Å². The van der Waals surface area contributed by atoms with Crippen molar-refractivity contribution in [2.24, 2.45) is 12.5 Å². The van der Waals surface area contributed by atoms with Crippen molar-refractivity contribution in [3.8, 4) is 5.88 Å². The predicted molar refractivity (Wildman–Crippen MR) is 93.3 cm³/mol. The molecule has 154 valence electrons. The van der Waals surface area contributed by atoms with Crippen LogP contribution in [0.15, 0.2) is 30.7 Å². The Kier molecular flexibility index (Phi) is 5.92. The maximum atomic E-state index is 12.6. The molecule has 7 nitrogen and oxygen atoms in total. The van der Waals surface area contributed by atoms with Gasteiger partial charge in [0.05, 0.1) is 30.6 Å². The monoisotopic (exact) mass is 400 g/mol. The summed E-state index contributed by atoms with van der Waals surface area (Å²) in [7, 11) is 1.82. The summed E-state index contributed by atoms with van der Waals surface area (Å²) in [6.07, 6.45) is -1.23. The molecule has 1 fully saturated rings. The second-order valence-electron chi connectivity index (χ2n) is 7.34. The van der Waals surface area contributed by atoms with Crippen molar-refractivity contribution >= 4 is 0 Å². The second kappa shape index (κ2) is 8.06. The Morgan fingerprint density at radius 2 is 1.96 bits per heavy atom. The molecule has 0 aliphatic heterocycles. The number of nitrogens with zero attached hydrogens (tertiary/aromatic N) is 3. The number of hydrogen-bond acceptors (Lipinski definition) is 6. The van der Waals surface area contributed by atoms with E-state index < -0.39 is 29.4 Å². The Balaban J connectivity index is 1.61. The highest BCUT2D eigenvalue weighted by Crippen LogP contribution is 2.39. The molecular weight excluding hydrogens is 377 g/mol. The van der Waals surface area contributed by atoms with E-state index in [0.29, 0.717) is 25.9 Å². The van der Waals surface area contributed by atoms with Crippen LogP contribution in [-0.4, -0.2) is 50.3 Å². The molecule has 1 aliphatic carbocycles. The number of nitrogens with one attached hydrogen (secondary N) is 1. The maximum absolute atomic E-state index is 12.6. The van der Waals surface area contributed by atoms with Gasteiger partial charge in [-0.15, -0.1) is 0 Å². The fourth-order valence-corrected chi connectivity index (χ4v) is 3.45. The molecule has 10 heteroatoms. The van der Waals surface area contributed by atoms with Gasteiger partial charge in [-0.25, -0.2) is 4.98 Å². The second-order valence-corrected chi connectivity index (χ2v) is 7.34. The zero-order valence-corrected chi connectivity index (χ0v) is 15.4. The lowest BCUT2D eigenvalue weighted by Crippen LogP contribution is -2.38. The Labute approximate surface area is 160 Å². The summed E-state index contributed by atoms with van der Waals surface area (Å²) >= 11 is 0. The molecule has 28 heavy (non-hydrogen) atoms. The smallest absolute Gasteiger partial charge is 0.417 e. The summed E-state index contributed by atoms with van der Waals surface area (Å²) < 4.78 is 45.2. The molecule has 2 atom stereocenters.